The zero-order chi connectivity index (χ0) is 15.6. The zero-order valence-electron chi connectivity index (χ0n) is 13.3. The first-order valence-electron chi connectivity index (χ1n) is 6.61. The summed E-state index contributed by atoms with van der Waals surface area (Å²) in [6, 6.07) is 1.72. The second-order valence-electron chi connectivity index (χ2n) is 5.07. The van der Waals surface area contributed by atoms with Crippen LogP contribution >= 0.6 is 0 Å². The molecule has 2 aromatic heterocycles. The molecule has 2 heterocycles. The van der Waals surface area contributed by atoms with Crippen molar-refractivity contribution in [2.24, 2.45) is 11.8 Å². The first-order valence-corrected chi connectivity index (χ1v) is 6.61. The summed E-state index contributed by atoms with van der Waals surface area (Å²) in [6.07, 6.45) is 7.65. The van der Waals surface area contributed by atoms with E-state index in [-0.39, 0.29) is 0 Å². The molecule has 112 valence electrons. The number of rotatable bonds is 0. The van der Waals surface area contributed by atoms with E-state index in [1.165, 1.54) is 12.5 Å². The molecule has 6 heteroatoms. The van der Waals surface area contributed by atoms with E-state index >= 15 is 0 Å². The highest BCUT2D eigenvalue weighted by atomic mass is 15.3. The fourth-order valence-corrected chi connectivity index (χ4v) is 0.410. The topological polar surface area (TPSA) is 77.3 Å². The number of aromatic nitrogens is 6. The molecule has 6 nitrogen and oxygen atoms in total. The van der Waals surface area contributed by atoms with Gasteiger partial charge in [-0.3, -0.25) is 0 Å². The van der Waals surface area contributed by atoms with Gasteiger partial charge in [0.15, 0.2) is 0 Å². The van der Waals surface area contributed by atoms with E-state index in [1.54, 1.807) is 24.7 Å². The van der Waals surface area contributed by atoms with Crippen LogP contribution in [0.4, 0.5) is 0 Å². The van der Waals surface area contributed by atoms with Crippen molar-refractivity contribution in [3.63, 3.8) is 0 Å². The summed E-state index contributed by atoms with van der Waals surface area (Å²) < 4.78 is 0. The highest BCUT2D eigenvalue weighted by Gasteiger charge is 1.68. The number of nitrogens with zero attached hydrogens (tertiary/aromatic N) is 6. The quantitative estimate of drug-likeness (QED) is 0.737. The second-order valence-corrected chi connectivity index (χ2v) is 5.07. The Morgan fingerprint density at radius 2 is 1.10 bits per heavy atom. The summed E-state index contributed by atoms with van der Waals surface area (Å²) in [5.74, 6) is 1.67. The zero-order valence-corrected chi connectivity index (χ0v) is 13.3. The Kier molecular flexibility index (Phi) is 17.3. The average molecular weight is 278 g/mol. The third-order valence-electron chi connectivity index (χ3n) is 0.813. The van der Waals surface area contributed by atoms with Gasteiger partial charge in [0.25, 0.3) is 0 Å². The molecule has 20 heavy (non-hydrogen) atoms. The van der Waals surface area contributed by atoms with E-state index in [4.69, 9.17) is 0 Å². The van der Waals surface area contributed by atoms with Gasteiger partial charge in [-0.05, 0) is 23.1 Å². The van der Waals surface area contributed by atoms with Gasteiger partial charge in [0.2, 0.25) is 0 Å². The third kappa shape index (κ3) is 36.0. The van der Waals surface area contributed by atoms with E-state index in [0.717, 1.165) is 11.8 Å². The molecule has 0 spiro atoms. The van der Waals surface area contributed by atoms with Gasteiger partial charge in [0, 0.05) is 6.20 Å². The largest absolute Gasteiger partial charge is 0.241 e. The van der Waals surface area contributed by atoms with Crippen molar-refractivity contribution in [1.29, 1.82) is 0 Å². The fourth-order valence-electron chi connectivity index (χ4n) is 0.410. The summed E-state index contributed by atoms with van der Waals surface area (Å²) in [7, 11) is 0. The van der Waals surface area contributed by atoms with Crippen LogP contribution in [0, 0.1) is 11.8 Å². The van der Waals surface area contributed by atoms with Crippen LogP contribution < -0.4 is 0 Å². The van der Waals surface area contributed by atoms with Crippen LogP contribution in [0.1, 0.15) is 41.5 Å². The molecule has 0 bridgehead atoms. The van der Waals surface area contributed by atoms with Crippen molar-refractivity contribution in [2.75, 3.05) is 0 Å². The Labute approximate surface area is 122 Å². The standard InChI is InChI=1S/2C4H10.2C3H3N3/c2*1-4(2)3;1-2-5-6-3-4-1;1-2-4-6-5-3-1/h2*4H,1-3H3;2*1-3H. The maximum atomic E-state index is 3.61. The maximum Gasteiger partial charge on any atom is 0.138 e. The molecular weight excluding hydrogens is 252 g/mol. The SMILES string of the molecule is CC(C)C.CC(C)C.c1cnncn1.c1cnnnc1. The van der Waals surface area contributed by atoms with Gasteiger partial charge >= 0.3 is 0 Å². The van der Waals surface area contributed by atoms with E-state index < -0.39 is 0 Å². The lowest BCUT2D eigenvalue weighted by atomic mass is 10.3. The lowest BCUT2D eigenvalue weighted by molar-refractivity contribution is 0.736. The molecule has 0 aromatic carbocycles. The number of hydrogen-bond donors (Lipinski definition) is 0. The summed E-state index contributed by atoms with van der Waals surface area (Å²) >= 11 is 0. The Bertz CT molecular complexity index is 256. The molecule has 0 saturated heterocycles. The molecule has 0 N–H and O–H groups in total. The number of hydrogen-bond acceptors (Lipinski definition) is 6. The van der Waals surface area contributed by atoms with Gasteiger partial charge in [-0.1, -0.05) is 41.5 Å². The first kappa shape index (κ1) is 20.3. The Morgan fingerprint density at radius 1 is 0.600 bits per heavy atom. The molecule has 0 saturated carbocycles. The van der Waals surface area contributed by atoms with Gasteiger partial charge in [-0.2, -0.15) is 5.10 Å². The molecular formula is C14H26N6. The Balaban J connectivity index is 0. The Hall–Kier alpha value is -1.98. The van der Waals surface area contributed by atoms with Crippen molar-refractivity contribution in [3.8, 4) is 0 Å². The van der Waals surface area contributed by atoms with Crippen LogP contribution in [0.15, 0.2) is 37.2 Å². The minimum atomic E-state index is 0.833. The molecule has 2 aromatic rings. The fraction of sp³-hybridized carbons (Fsp3) is 0.571. The Morgan fingerprint density at radius 3 is 1.20 bits per heavy atom. The predicted octanol–water partition coefficient (Wildman–Crippen LogP) is 3.07. The van der Waals surface area contributed by atoms with Gasteiger partial charge in [0.05, 0.1) is 18.6 Å². The van der Waals surface area contributed by atoms with Crippen LogP contribution in [0.2, 0.25) is 0 Å². The van der Waals surface area contributed by atoms with Crippen LogP contribution in [-0.2, 0) is 0 Å². The molecule has 0 fully saturated rings. The van der Waals surface area contributed by atoms with Crippen LogP contribution in [0.25, 0.3) is 0 Å². The van der Waals surface area contributed by atoms with Crippen LogP contribution in [-0.4, -0.2) is 30.6 Å². The van der Waals surface area contributed by atoms with Crippen molar-refractivity contribution >= 4 is 0 Å². The van der Waals surface area contributed by atoms with Crippen molar-refractivity contribution in [3.05, 3.63) is 37.2 Å². The van der Waals surface area contributed by atoms with Gasteiger partial charge in [-0.25, -0.2) is 4.98 Å². The van der Waals surface area contributed by atoms with Gasteiger partial charge in [-0.15, -0.1) is 15.3 Å². The minimum absolute atomic E-state index is 0.833. The third-order valence-corrected chi connectivity index (χ3v) is 0.813. The maximum absolute atomic E-state index is 3.61. The molecule has 0 radical (unpaired) electrons. The van der Waals surface area contributed by atoms with E-state index in [0.29, 0.717) is 0 Å². The smallest absolute Gasteiger partial charge is 0.138 e. The molecule has 0 aliphatic carbocycles. The lowest BCUT2D eigenvalue weighted by Crippen LogP contribution is -1.78. The normalized spacial score (nSPS) is 8.40. The summed E-state index contributed by atoms with van der Waals surface area (Å²) in [4.78, 5) is 3.61. The van der Waals surface area contributed by atoms with E-state index in [9.17, 15) is 0 Å². The van der Waals surface area contributed by atoms with Gasteiger partial charge < -0.3 is 0 Å². The predicted molar refractivity (Wildman–Crippen MR) is 80.7 cm³/mol. The highest BCUT2D eigenvalue weighted by molar-refractivity contribution is 4.69. The van der Waals surface area contributed by atoms with Gasteiger partial charge in [0.1, 0.15) is 6.33 Å². The van der Waals surface area contributed by atoms with Crippen molar-refractivity contribution in [2.45, 2.75) is 41.5 Å². The average Bonchev–Trinajstić information content (AvgIpc) is 2.42. The molecule has 0 amide bonds. The minimum Gasteiger partial charge on any atom is -0.241 e. The highest BCUT2D eigenvalue weighted by Crippen LogP contribution is 1.81. The van der Waals surface area contributed by atoms with Crippen LogP contribution in [0.5, 0.6) is 0 Å². The van der Waals surface area contributed by atoms with Crippen LogP contribution in [0.3, 0.4) is 0 Å². The molecule has 0 unspecified atom stereocenters. The summed E-state index contributed by atoms with van der Waals surface area (Å²) in [6.45, 7) is 13.0. The van der Waals surface area contributed by atoms with E-state index in [1.807, 2.05) is 0 Å². The lowest BCUT2D eigenvalue weighted by Gasteiger charge is -1.79. The van der Waals surface area contributed by atoms with Crippen molar-refractivity contribution in [1.82, 2.24) is 30.6 Å². The summed E-state index contributed by atoms with van der Waals surface area (Å²) in [5, 5.41) is 17.0. The monoisotopic (exact) mass is 278 g/mol. The van der Waals surface area contributed by atoms with Crippen molar-refractivity contribution < 1.29 is 0 Å². The molecule has 0 aliphatic rings. The second kappa shape index (κ2) is 17.0. The summed E-state index contributed by atoms with van der Waals surface area (Å²) in [5.41, 5.74) is 0. The molecule has 2 rings (SSSR count). The van der Waals surface area contributed by atoms with E-state index in [2.05, 4.69) is 72.1 Å². The molecule has 0 aliphatic heterocycles. The molecule has 0 atom stereocenters. The first-order chi connectivity index (χ1) is 9.46.